The summed E-state index contributed by atoms with van der Waals surface area (Å²) in [5.74, 6) is 1.57. The summed E-state index contributed by atoms with van der Waals surface area (Å²) in [5, 5.41) is 14.1. The van der Waals surface area contributed by atoms with Gasteiger partial charge in [-0.05, 0) is 55.6 Å². The summed E-state index contributed by atoms with van der Waals surface area (Å²) < 4.78 is 0. The Hall–Kier alpha value is -1.81. The van der Waals surface area contributed by atoms with Crippen LogP contribution in [-0.4, -0.2) is 28.6 Å². The van der Waals surface area contributed by atoms with E-state index in [1.54, 1.807) is 0 Å². The van der Waals surface area contributed by atoms with Gasteiger partial charge in [0.25, 0.3) is 0 Å². The first-order valence-electron chi connectivity index (χ1n) is 9.13. The number of aryl methyl sites for hydroxylation is 2. The molecule has 1 heterocycles. The molecule has 2 saturated carbocycles. The van der Waals surface area contributed by atoms with E-state index < -0.39 is 0 Å². The molecule has 4 rings (SSSR count). The van der Waals surface area contributed by atoms with Gasteiger partial charge < -0.3 is 15.4 Å². The molecule has 2 aliphatic rings. The molecule has 128 valence electrons. The number of H-pyrrole nitrogens is 1. The van der Waals surface area contributed by atoms with Crippen molar-refractivity contribution < 1.29 is 9.90 Å². The second-order valence-corrected chi connectivity index (χ2v) is 7.58. The van der Waals surface area contributed by atoms with E-state index in [2.05, 4.69) is 35.4 Å². The van der Waals surface area contributed by atoms with Gasteiger partial charge in [0.1, 0.15) is 0 Å². The minimum Gasteiger partial charge on any atom is -0.396 e. The zero-order valence-corrected chi connectivity index (χ0v) is 14.2. The monoisotopic (exact) mass is 326 g/mol. The lowest BCUT2D eigenvalue weighted by atomic mass is 9.85. The molecule has 4 unspecified atom stereocenters. The first kappa shape index (κ1) is 15.7. The van der Waals surface area contributed by atoms with Crippen molar-refractivity contribution >= 4 is 16.8 Å². The zero-order valence-electron chi connectivity index (χ0n) is 14.2. The van der Waals surface area contributed by atoms with Crippen molar-refractivity contribution in [3.63, 3.8) is 0 Å². The Morgan fingerprint density at radius 3 is 3.00 bits per heavy atom. The fraction of sp³-hybridized carbons (Fsp3) is 0.550. The van der Waals surface area contributed by atoms with E-state index in [0.717, 1.165) is 6.42 Å². The summed E-state index contributed by atoms with van der Waals surface area (Å²) in [5.41, 5.74) is 3.60. The summed E-state index contributed by atoms with van der Waals surface area (Å²) in [6, 6.07) is 6.46. The SMILES string of the molecule is Cc1cccc2c(CCC(=O)NC3C4CCC(C4)C3CO)c[nH]c12. The molecule has 0 radical (unpaired) electrons. The quantitative estimate of drug-likeness (QED) is 0.791. The minimum absolute atomic E-state index is 0.119. The second-order valence-electron chi connectivity index (χ2n) is 7.58. The number of aromatic amines is 1. The summed E-state index contributed by atoms with van der Waals surface area (Å²) in [6.45, 7) is 2.30. The number of fused-ring (bicyclic) bond motifs is 3. The highest BCUT2D eigenvalue weighted by Crippen LogP contribution is 2.48. The summed E-state index contributed by atoms with van der Waals surface area (Å²) in [4.78, 5) is 15.8. The Balaban J connectivity index is 1.39. The molecule has 4 nitrogen and oxygen atoms in total. The second kappa shape index (κ2) is 6.25. The predicted molar refractivity (Wildman–Crippen MR) is 94.7 cm³/mol. The Morgan fingerprint density at radius 2 is 2.17 bits per heavy atom. The van der Waals surface area contributed by atoms with E-state index in [9.17, 15) is 9.90 Å². The topological polar surface area (TPSA) is 65.1 Å². The number of amides is 1. The Kier molecular flexibility index (Phi) is 4.09. The fourth-order valence-corrected chi connectivity index (χ4v) is 4.98. The van der Waals surface area contributed by atoms with Crippen molar-refractivity contribution in [2.45, 2.75) is 45.1 Å². The van der Waals surface area contributed by atoms with Gasteiger partial charge in [-0.1, -0.05) is 18.2 Å². The Morgan fingerprint density at radius 1 is 1.33 bits per heavy atom. The summed E-state index contributed by atoms with van der Waals surface area (Å²) in [7, 11) is 0. The number of aliphatic hydroxyl groups is 1. The highest BCUT2D eigenvalue weighted by atomic mass is 16.3. The normalized spacial score (nSPS) is 28.6. The van der Waals surface area contributed by atoms with Crippen LogP contribution in [0.25, 0.3) is 10.9 Å². The molecule has 1 aromatic heterocycles. The van der Waals surface area contributed by atoms with E-state index in [1.807, 2.05) is 6.20 Å². The van der Waals surface area contributed by atoms with Gasteiger partial charge in [0.2, 0.25) is 5.91 Å². The molecule has 24 heavy (non-hydrogen) atoms. The first-order valence-corrected chi connectivity index (χ1v) is 9.13. The molecule has 0 spiro atoms. The Bertz CT molecular complexity index is 751. The van der Waals surface area contributed by atoms with Crippen molar-refractivity contribution in [2.24, 2.45) is 17.8 Å². The third-order valence-corrected chi connectivity index (χ3v) is 6.26. The van der Waals surface area contributed by atoms with Crippen molar-refractivity contribution in [3.8, 4) is 0 Å². The third-order valence-electron chi connectivity index (χ3n) is 6.26. The smallest absolute Gasteiger partial charge is 0.220 e. The zero-order chi connectivity index (χ0) is 16.7. The summed E-state index contributed by atoms with van der Waals surface area (Å²) >= 11 is 0. The molecule has 4 heteroatoms. The molecule has 2 aromatic rings. The number of rotatable bonds is 5. The summed E-state index contributed by atoms with van der Waals surface area (Å²) in [6.07, 6.45) is 6.88. The van der Waals surface area contributed by atoms with Crippen LogP contribution in [0.3, 0.4) is 0 Å². The molecule has 2 bridgehead atoms. The largest absolute Gasteiger partial charge is 0.396 e. The molecule has 0 aliphatic heterocycles. The van der Waals surface area contributed by atoms with Gasteiger partial charge in [-0.15, -0.1) is 0 Å². The van der Waals surface area contributed by atoms with E-state index in [1.165, 1.54) is 41.3 Å². The van der Waals surface area contributed by atoms with Crippen LogP contribution < -0.4 is 5.32 Å². The molecule has 3 N–H and O–H groups in total. The molecule has 1 amide bonds. The molecular formula is C20H26N2O2. The van der Waals surface area contributed by atoms with Crippen molar-refractivity contribution in [2.75, 3.05) is 6.61 Å². The van der Waals surface area contributed by atoms with Crippen molar-refractivity contribution in [3.05, 3.63) is 35.5 Å². The lowest BCUT2D eigenvalue weighted by Gasteiger charge is -2.30. The van der Waals surface area contributed by atoms with Crippen LogP contribution >= 0.6 is 0 Å². The highest BCUT2D eigenvalue weighted by Gasteiger charge is 2.47. The maximum absolute atomic E-state index is 12.4. The standard InChI is InChI=1S/C20H26N2O2/c1-12-3-2-4-16-15(10-21-19(12)16)7-8-18(24)22-20-14-6-5-13(9-14)17(20)11-23/h2-4,10,13-14,17,20-21,23H,5-9,11H2,1H3,(H,22,24). The highest BCUT2D eigenvalue weighted by molar-refractivity contribution is 5.86. The maximum atomic E-state index is 12.4. The van der Waals surface area contributed by atoms with E-state index in [4.69, 9.17) is 0 Å². The molecule has 4 atom stereocenters. The number of benzene rings is 1. The van der Waals surface area contributed by atoms with E-state index >= 15 is 0 Å². The lowest BCUT2D eigenvalue weighted by Crippen LogP contribution is -2.45. The van der Waals surface area contributed by atoms with Crippen LogP contribution in [0, 0.1) is 24.7 Å². The minimum atomic E-state index is 0.119. The maximum Gasteiger partial charge on any atom is 0.220 e. The number of aliphatic hydroxyl groups excluding tert-OH is 1. The number of carbonyl (C=O) groups is 1. The van der Waals surface area contributed by atoms with Crippen molar-refractivity contribution in [1.82, 2.24) is 10.3 Å². The number of aromatic nitrogens is 1. The van der Waals surface area contributed by atoms with Crippen LogP contribution in [0.4, 0.5) is 0 Å². The van der Waals surface area contributed by atoms with Crippen molar-refractivity contribution in [1.29, 1.82) is 0 Å². The molecule has 2 fully saturated rings. The van der Waals surface area contributed by atoms with Crippen LogP contribution in [0.1, 0.15) is 36.8 Å². The third kappa shape index (κ3) is 2.63. The number of carbonyl (C=O) groups excluding carboxylic acids is 1. The average molecular weight is 326 g/mol. The fourth-order valence-electron chi connectivity index (χ4n) is 4.98. The van der Waals surface area contributed by atoms with Gasteiger partial charge in [-0.25, -0.2) is 0 Å². The molecular weight excluding hydrogens is 300 g/mol. The van der Waals surface area contributed by atoms with Gasteiger partial charge in [-0.3, -0.25) is 4.79 Å². The number of para-hydroxylation sites is 1. The lowest BCUT2D eigenvalue weighted by molar-refractivity contribution is -0.122. The van der Waals surface area contributed by atoms with Gasteiger partial charge in [-0.2, -0.15) is 0 Å². The Labute approximate surface area is 142 Å². The molecule has 1 aromatic carbocycles. The molecule has 0 saturated heterocycles. The number of nitrogens with one attached hydrogen (secondary N) is 2. The van der Waals surface area contributed by atoms with Gasteiger partial charge >= 0.3 is 0 Å². The first-order chi connectivity index (χ1) is 11.7. The van der Waals surface area contributed by atoms with Crippen LogP contribution in [0.15, 0.2) is 24.4 Å². The predicted octanol–water partition coefficient (Wildman–Crippen LogP) is 2.93. The van der Waals surface area contributed by atoms with Gasteiger partial charge in [0.05, 0.1) is 0 Å². The number of hydrogen-bond acceptors (Lipinski definition) is 2. The average Bonchev–Trinajstić information content (AvgIpc) is 3.27. The van der Waals surface area contributed by atoms with Gasteiger partial charge in [0.15, 0.2) is 0 Å². The van der Waals surface area contributed by atoms with E-state index in [-0.39, 0.29) is 24.5 Å². The number of hydrogen-bond donors (Lipinski definition) is 3. The molecule has 2 aliphatic carbocycles. The van der Waals surface area contributed by atoms with E-state index in [0.29, 0.717) is 18.3 Å². The van der Waals surface area contributed by atoms with Crippen LogP contribution in [-0.2, 0) is 11.2 Å². The van der Waals surface area contributed by atoms with Gasteiger partial charge in [0, 0.05) is 42.1 Å². The van der Waals surface area contributed by atoms with Crippen LogP contribution in [0.5, 0.6) is 0 Å². The van der Waals surface area contributed by atoms with Crippen LogP contribution in [0.2, 0.25) is 0 Å².